The van der Waals surface area contributed by atoms with Gasteiger partial charge in [-0.25, -0.2) is 0 Å². The molecule has 0 radical (unpaired) electrons. The van der Waals surface area contributed by atoms with Gasteiger partial charge in [0, 0.05) is 16.9 Å². The number of nitrogens with one attached hydrogen (secondary N) is 1. The van der Waals surface area contributed by atoms with Gasteiger partial charge in [0.25, 0.3) is 11.5 Å². The van der Waals surface area contributed by atoms with Crippen LogP contribution in [0.2, 0.25) is 0 Å². The molecule has 2 aromatic heterocycles. The van der Waals surface area contributed by atoms with E-state index in [0.29, 0.717) is 34.3 Å². The van der Waals surface area contributed by atoms with Crippen LogP contribution in [0.15, 0.2) is 57.8 Å². The molecule has 0 spiro atoms. The molecule has 0 saturated heterocycles. The highest BCUT2D eigenvalue weighted by Crippen LogP contribution is 2.38. The average molecular weight is 401 g/mol. The molecule has 30 heavy (non-hydrogen) atoms. The van der Waals surface area contributed by atoms with Crippen molar-refractivity contribution < 1.29 is 9.32 Å². The second-order valence-corrected chi connectivity index (χ2v) is 7.40. The Morgan fingerprint density at radius 2 is 1.87 bits per heavy atom. The Morgan fingerprint density at radius 3 is 2.60 bits per heavy atom. The van der Waals surface area contributed by atoms with Gasteiger partial charge in [-0.05, 0) is 50.1 Å². The van der Waals surface area contributed by atoms with Crippen molar-refractivity contribution in [1.82, 2.24) is 25.2 Å². The lowest BCUT2D eigenvalue weighted by Gasteiger charge is -2.09. The first-order valence-corrected chi connectivity index (χ1v) is 9.80. The number of rotatable bonds is 5. The van der Waals surface area contributed by atoms with Crippen molar-refractivity contribution >= 4 is 16.7 Å². The van der Waals surface area contributed by atoms with Gasteiger partial charge in [0.05, 0.1) is 23.3 Å². The molecular weight excluding hydrogens is 382 g/mol. The molecule has 1 amide bonds. The van der Waals surface area contributed by atoms with Crippen molar-refractivity contribution in [2.45, 2.75) is 32.2 Å². The monoisotopic (exact) mass is 401 g/mol. The third-order valence-electron chi connectivity index (χ3n) is 5.18. The number of hydrogen-bond donors (Lipinski definition) is 1. The average Bonchev–Trinajstić information content (AvgIpc) is 3.52. The second kappa shape index (κ2) is 7.22. The Bertz CT molecular complexity index is 1300. The highest BCUT2D eigenvalue weighted by atomic mass is 16.5. The van der Waals surface area contributed by atoms with Crippen LogP contribution in [0.4, 0.5) is 0 Å². The fraction of sp³-hybridized carbons (Fsp3) is 0.227. The van der Waals surface area contributed by atoms with E-state index in [0.717, 1.165) is 23.9 Å². The quantitative estimate of drug-likeness (QED) is 0.552. The molecule has 0 unspecified atom stereocenters. The van der Waals surface area contributed by atoms with Crippen LogP contribution in [0.25, 0.3) is 16.5 Å². The van der Waals surface area contributed by atoms with Gasteiger partial charge in [-0.15, -0.1) is 0 Å². The first-order chi connectivity index (χ1) is 14.6. The Morgan fingerprint density at radius 1 is 1.13 bits per heavy atom. The molecule has 0 aliphatic heterocycles. The second-order valence-electron chi connectivity index (χ2n) is 7.40. The number of benzene rings is 2. The number of aromatic nitrogens is 4. The maximum absolute atomic E-state index is 12.8. The lowest BCUT2D eigenvalue weighted by Crippen LogP contribution is -2.24. The van der Waals surface area contributed by atoms with Crippen LogP contribution in [0.1, 0.15) is 46.5 Å². The Kier molecular flexibility index (Phi) is 4.39. The molecule has 1 fully saturated rings. The van der Waals surface area contributed by atoms with Crippen molar-refractivity contribution in [2.75, 3.05) is 0 Å². The maximum atomic E-state index is 12.8. The molecule has 8 nitrogen and oxygen atoms in total. The minimum atomic E-state index is -0.255. The van der Waals surface area contributed by atoms with E-state index in [4.69, 9.17) is 4.52 Å². The zero-order chi connectivity index (χ0) is 20.7. The van der Waals surface area contributed by atoms with E-state index in [1.165, 1.54) is 4.68 Å². The minimum absolute atomic E-state index is 0.196. The highest BCUT2D eigenvalue weighted by Gasteiger charge is 2.29. The van der Waals surface area contributed by atoms with Crippen LogP contribution in [0, 0.1) is 6.92 Å². The van der Waals surface area contributed by atoms with Gasteiger partial charge in [-0.3, -0.25) is 9.59 Å². The molecule has 0 bridgehead atoms. The van der Waals surface area contributed by atoms with Gasteiger partial charge in [-0.1, -0.05) is 23.4 Å². The van der Waals surface area contributed by atoms with Gasteiger partial charge in [0.15, 0.2) is 5.82 Å². The molecular formula is C22H19N5O3. The predicted molar refractivity (Wildman–Crippen MR) is 110 cm³/mol. The summed E-state index contributed by atoms with van der Waals surface area (Å²) in [5, 5.41) is 12.5. The smallest absolute Gasteiger partial charge is 0.279 e. The lowest BCUT2D eigenvalue weighted by molar-refractivity contribution is 0.0949. The number of nitrogens with zero attached hydrogens (tertiary/aromatic N) is 4. The summed E-state index contributed by atoms with van der Waals surface area (Å²) in [6.45, 7) is 2.06. The van der Waals surface area contributed by atoms with Crippen molar-refractivity contribution in [1.29, 1.82) is 0 Å². The number of amides is 1. The largest absolute Gasteiger partial charge is 0.345 e. The van der Waals surface area contributed by atoms with Gasteiger partial charge >= 0.3 is 0 Å². The maximum Gasteiger partial charge on any atom is 0.279 e. The summed E-state index contributed by atoms with van der Waals surface area (Å²) in [6, 6.07) is 14.1. The Labute approximate surface area is 171 Å². The van der Waals surface area contributed by atoms with Crippen LogP contribution < -0.4 is 10.9 Å². The van der Waals surface area contributed by atoms with Crippen LogP contribution >= 0.6 is 0 Å². The SMILES string of the molecule is Cc1nn(-c2ccc(C(=O)NCc3noc(C4CC4)n3)cc2)c(=O)c2ccccc12. The van der Waals surface area contributed by atoms with Gasteiger partial charge in [-0.2, -0.15) is 14.8 Å². The van der Waals surface area contributed by atoms with Crippen LogP contribution in [0.5, 0.6) is 0 Å². The van der Waals surface area contributed by atoms with Crippen molar-refractivity contribution in [3.63, 3.8) is 0 Å². The van der Waals surface area contributed by atoms with E-state index in [1.807, 2.05) is 25.1 Å². The molecule has 4 aromatic rings. The normalized spacial score (nSPS) is 13.5. The van der Waals surface area contributed by atoms with Gasteiger partial charge in [0.1, 0.15) is 0 Å². The summed E-state index contributed by atoms with van der Waals surface area (Å²) in [4.78, 5) is 29.5. The van der Waals surface area contributed by atoms with Crippen LogP contribution in [-0.4, -0.2) is 25.8 Å². The number of carbonyl (C=O) groups excluding carboxylic acids is 1. The summed E-state index contributed by atoms with van der Waals surface area (Å²) >= 11 is 0. The van der Waals surface area contributed by atoms with E-state index >= 15 is 0 Å². The first kappa shape index (κ1) is 18.2. The van der Waals surface area contributed by atoms with E-state index in [-0.39, 0.29) is 18.0 Å². The van der Waals surface area contributed by atoms with Crippen LogP contribution in [0.3, 0.4) is 0 Å². The molecule has 8 heteroatoms. The lowest BCUT2D eigenvalue weighted by atomic mass is 10.1. The number of carbonyl (C=O) groups is 1. The summed E-state index contributed by atoms with van der Waals surface area (Å²) < 4.78 is 6.55. The number of fused-ring (bicyclic) bond motifs is 1. The minimum Gasteiger partial charge on any atom is -0.345 e. The Hall–Kier alpha value is -3.81. The molecule has 1 N–H and O–H groups in total. The molecule has 0 atom stereocenters. The van der Waals surface area contributed by atoms with E-state index in [1.54, 1.807) is 30.3 Å². The summed E-state index contributed by atoms with van der Waals surface area (Å²) in [5.41, 5.74) is 1.63. The fourth-order valence-corrected chi connectivity index (χ4v) is 3.37. The van der Waals surface area contributed by atoms with Gasteiger partial charge < -0.3 is 9.84 Å². The number of aryl methyl sites for hydroxylation is 1. The molecule has 2 heterocycles. The zero-order valence-electron chi connectivity index (χ0n) is 16.3. The summed E-state index contributed by atoms with van der Waals surface area (Å²) in [5.74, 6) is 1.23. The van der Waals surface area contributed by atoms with E-state index in [2.05, 4.69) is 20.6 Å². The van der Waals surface area contributed by atoms with Gasteiger partial charge in [0.2, 0.25) is 5.89 Å². The summed E-state index contributed by atoms with van der Waals surface area (Å²) in [7, 11) is 0. The molecule has 5 rings (SSSR count). The van der Waals surface area contributed by atoms with Crippen molar-refractivity contribution in [3.05, 3.63) is 81.9 Å². The third kappa shape index (κ3) is 3.36. The highest BCUT2D eigenvalue weighted by molar-refractivity contribution is 5.94. The van der Waals surface area contributed by atoms with Crippen molar-refractivity contribution in [3.8, 4) is 5.69 Å². The zero-order valence-corrected chi connectivity index (χ0v) is 16.3. The molecule has 1 aliphatic carbocycles. The van der Waals surface area contributed by atoms with E-state index in [9.17, 15) is 9.59 Å². The number of hydrogen-bond acceptors (Lipinski definition) is 6. The molecule has 2 aromatic carbocycles. The predicted octanol–water partition coefficient (Wildman–Crippen LogP) is 2.88. The first-order valence-electron chi connectivity index (χ1n) is 9.80. The Balaban J connectivity index is 1.33. The van der Waals surface area contributed by atoms with Crippen LogP contribution in [-0.2, 0) is 6.54 Å². The third-order valence-corrected chi connectivity index (χ3v) is 5.18. The standard InChI is InChI=1S/C22H19N5O3/c1-13-17-4-2-3-5-18(17)22(29)27(25-13)16-10-8-14(9-11-16)20(28)23-12-19-24-21(30-26-19)15-6-7-15/h2-5,8-11,15H,6-7,12H2,1H3,(H,23,28). The molecule has 150 valence electrons. The molecule has 1 aliphatic rings. The summed E-state index contributed by atoms with van der Waals surface area (Å²) in [6.07, 6.45) is 2.16. The van der Waals surface area contributed by atoms with Crippen molar-refractivity contribution in [2.24, 2.45) is 0 Å². The molecule has 1 saturated carbocycles. The van der Waals surface area contributed by atoms with E-state index < -0.39 is 0 Å². The topological polar surface area (TPSA) is 103 Å². The fourth-order valence-electron chi connectivity index (χ4n) is 3.37.